The molecule has 1 aliphatic rings. The summed E-state index contributed by atoms with van der Waals surface area (Å²) in [5.41, 5.74) is 1.47. The summed E-state index contributed by atoms with van der Waals surface area (Å²) in [5.74, 6) is 0.243. The van der Waals surface area contributed by atoms with E-state index in [1.807, 2.05) is 35.0 Å². The van der Waals surface area contributed by atoms with Crippen LogP contribution in [0.25, 0.3) is 0 Å². The van der Waals surface area contributed by atoms with Gasteiger partial charge in [0.25, 0.3) is 5.91 Å². The van der Waals surface area contributed by atoms with E-state index < -0.39 is 0 Å². The number of ketones is 1. The van der Waals surface area contributed by atoms with Gasteiger partial charge in [0.1, 0.15) is 5.75 Å². The zero-order valence-electron chi connectivity index (χ0n) is 15.2. The van der Waals surface area contributed by atoms with Gasteiger partial charge in [0, 0.05) is 16.9 Å². The van der Waals surface area contributed by atoms with Crippen LogP contribution in [0.1, 0.15) is 39.5 Å². The molecule has 1 aromatic carbocycles. The maximum atomic E-state index is 12.9. The van der Waals surface area contributed by atoms with Gasteiger partial charge in [-0.2, -0.15) is 5.10 Å². The molecule has 0 saturated heterocycles. The molecule has 4 rings (SSSR count). The summed E-state index contributed by atoms with van der Waals surface area (Å²) in [6.45, 7) is 1.37. The Labute approximate surface area is 170 Å². The normalized spacial score (nSPS) is 16.1. The highest BCUT2D eigenvalue weighted by Crippen LogP contribution is 2.36. The van der Waals surface area contributed by atoms with E-state index in [1.54, 1.807) is 46.9 Å². The lowest BCUT2D eigenvalue weighted by atomic mass is 10.1. The van der Waals surface area contributed by atoms with E-state index in [4.69, 9.17) is 4.74 Å². The predicted octanol–water partition coefficient (Wildman–Crippen LogP) is 4.77. The second-order valence-corrected chi connectivity index (χ2v) is 8.30. The molecular formula is C21H18N2O3S2. The zero-order valence-corrected chi connectivity index (χ0v) is 16.8. The Bertz CT molecular complexity index is 1010. The van der Waals surface area contributed by atoms with Crippen molar-refractivity contribution in [1.29, 1.82) is 0 Å². The minimum Gasteiger partial charge on any atom is -0.484 e. The number of thiophene rings is 2. The number of hydrazone groups is 1. The smallest absolute Gasteiger partial charge is 0.281 e. The van der Waals surface area contributed by atoms with Crippen LogP contribution in [-0.2, 0) is 4.79 Å². The molecule has 7 heteroatoms. The summed E-state index contributed by atoms with van der Waals surface area (Å²) in [4.78, 5) is 26.6. The minimum atomic E-state index is -0.210. The quantitative estimate of drug-likeness (QED) is 0.550. The molecule has 3 aromatic rings. The number of amides is 1. The number of carbonyl (C=O) groups excluding carboxylic acids is 2. The first kappa shape index (κ1) is 18.6. The number of carbonyl (C=O) groups is 2. The molecule has 1 unspecified atom stereocenters. The number of ether oxygens (including phenoxy) is 1. The lowest BCUT2D eigenvalue weighted by Crippen LogP contribution is -2.31. The fourth-order valence-electron chi connectivity index (χ4n) is 3.05. The number of nitrogens with zero attached hydrogens (tertiary/aromatic N) is 2. The average molecular weight is 411 g/mol. The molecule has 0 spiro atoms. The molecule has 28 heavy (non-hydrogen) atoms. The molecule has 0 fully saturated rings. The van der Waals surface area contributed by atoms with Crippen molar-refractivity contribution in [2.45, 2.75) is 19.4 Å². The summed E-state index contributed by atoms with van der Waals surface area (Å²) >= 11 is 3.24. The maximum Gasteiger partial charge on any atom is 0.281 e. The van der Waals surface area contributed by atoms with Crippen LogP contribution in [0.2, 0.25) is 0 Å². The second-order valence-electron chi connectivity index (χ2n) is 6.37. The maximum absolute atomic E-state index is 12.9. The summed E-state index contributed by atoms with van der Waals surface area (Å²) in [7, 11) is 0. The molecule has 0 bridgehead atoms. The van der Waals surface area contributed by atoms with Gasteiger partial charge in [0.15, 0.2) is 12.4 Å². The van der Waals surface area contributed by atoms with Crippen molar-refractivity contribution in [3.8, 4) is 5.75 Å². The number of rotatable bonds is 6. The van der Waals surface area contributed by atoms with E-state index in [-0.39, 0.29) is 24.3 Å². The summed E-state index contributed by atoms with van der Waals surface area (Å²) in [6.07, 6.45) is 0.687. The fraction of sp³-hybridized carbons (Fsp3) is 0.190. The molecule has 0 saturated carbocycles. The van der Waals surface area contributed by atoms with Crippen molar-refractivity contribution < 1.29 is 14.3 Å². The van der Waals surface area contributed by atoms with Gasteiger partial charge < -0.3 is 4.74 Å². The van der Waals surface area contributed by atoms with Gasteiger partial charge >= 0.3 is 0 Å². The van der Waals surface area contributed by atoms with E-state index in [9.17, 15) is 9.59 Å². The van der Waals surface area contributed by atoms with Crippen molar-refractivity contribution >= 4 is 40.1 Å². The standard InChI is InChI=1S/C21H18N2O3S2/c1-14(24)15-5-2-6-16(11-15)26-13-21(25)23-18(20-8-4-10-28-20)12-17(22-23)19-7-3-9-27-19/h2-11,18H,12-13H2,1H3. The largest absolute Gasteiger partial charge is 0.484 e. The Morgan fingerprint density at radius 3 is 2.68 bits per heavy atom. The topological polar surface area (TPSA) is 59.0 Å². The first-order valence-corrected chi connectivity index (χ1v) is 10.6. The molecule has 1 aliphatic heterocycles. The summed E-state index contributed by atoms with van der Waals surface area (Å²) in [6, 6.07) is 14.8. The van der Waals surface area contributed by atoms with Crippen LogP contribution in [-0.4, -0.2) is 29.0 Å². The van der Waals surface area contributed by atoms with Crippen LogP contribution < -0.4 is 4.74 Å². The van der Waals surface area contributed by atoms with E-state index in [0.717, 1.165) is 15.5 Å². The van der Waals surface area contributed by atoms with Gasteiger partial charge in [-0.25, -0.2) is 5.01 Å². The zero-order chi connectivity index (χ0) is 19.5. The van der Waals surface area contributed by atoms with E-state index in [0.29, 0.717) is 17.7 Å². The van der Waals surface area contributed by atoms with E-state index in [1.165, 1.54) is 11.9 Å². The van der Waals surface area contributed by atoms with Gasteiger partial charge in [0.2, 0.25) is 0 Å². The molecule has 5 nitrogen and oxygen atoms in total. The third-order valence-electron chi connectivity index (χ3n) is 4.45. The fourth-order valence-corrected chi connectivity index (χ4v) is 4.58. The third-order valence-corrected chi connectivity index (χ3v) is 6.34. The Hall–Kier alpha value is -2.77. The highest BCUT2D eigenvalue weighted by Gasteiger charge is 2.34. The summed E-state index contributed by atoms with van der Waals surface area (Å²) < 4.78 is 5.66. The molecule has 1 atom stereocenters. The molecular weight excluding hydrogens is 392 g/mol. The van der Waals surface area contributed by atoms with E-state index >= 15 is 0 Å². The molecule has 0 N–H and O–H groups in total. The van der Waals surface area contributed by atoms with Crippen LogP contribution in [0.3, 0.4) is 0 Å². The van der Waals surface area contributed by atoms with Crippen LogP contribution in [0, 0.1) is 0 Å². The van der Waals surface area contributed by atoms with Crippen LogP contribution in [0.4, 0.5) is 0 Å². The SMILES string of the molecule is CC(=O)c1cccc(OCC(=O)N2N=C(c3cccs3)CC2c2cccs2)c1. The first-order chi connectivity index (χ1) is 13.6. The van der Waals surface area contributed by atoms with E-state index in [2.05, 4.69) is 5.10 Å². The summed E-state index contributed by atoms with van der Waals surface area (Å²) in [5, 5.41) is 10.2. The average Bonchev–Trinajstić information content (AvgIpc) is 3.46. The van der Waals surface area contributed by atoms with Gasteiger partial charge in [-0.3, -0.25) is 9.59 Å². The molecule has 1 amide bonds. The molecule has 3 heterocycles. The molecule has 0 aliphatic carbocycles. The first-order valence-electron chi connectivity index (χ1n) is 8.82. The van der Waals surface area contributed by atoms with Crippen molar-refractivity contribution in [3.05, 3.63) is 74.6 Å². The van der Waals surface area contributed by atoms with Crippen molar-refractivity contribution in [2.75, 3.05) is 6.61 Å². The number of hydrogen-bond donors (Lipinski definition) is 0. The molecule has 2 aromatic heterocycles. The van der Waals surface area contributed by atoms with Crippen LogP contribution in [0.5, 0.6) is 5.75 Å². The Balaban J connectivity index is 1.52. The second kappa shape index (κ2) is 8.08. The lowest BCUT2D eigenvalue weighted by Gasteiger charge is -2.20. The van der Waals surface area contributed by atoms with Crippen LogP contribution >= 0.6 is 22.7 Å². The van der Waals surface area contributed by atoms with Gasteiger partial charge in [-0.05, 0) is 41.9 Å². The Kier molecular flexibility index (Phi) is 5.36. The predicted molar refractivity (Wildman–Crippen MR) is 111 cm³/mol. The van der Waals surface area contributed by atoms with Crippen LogP contribution in [0.15, 0.2) is 64.4 Å². The number of hydrogen-bond acceptors (Lipinski definition) is 6. The molecule has 142 valence electrons. The van der Waals surface area contributed by atoms with Gasteiger partial charge in [-0.15, -0.1) is 22.7 Å². The Morgan fingerprint density at radius 2 is 1.96 bits per heavy atom. The third kappa shape index (κ3) is 3.90. The lowest BCUT2D eigenvalue weighted by molar-refractivity contribution is -0.135. The Morgan fingerprint density at radius 1 is 1.14 bits per heavy atom. The molecule has 0 radical (unpaired) electrons. The minimum absolute atomic E-state index is 0.0423. The van der Waals surface area contributed by atoms with Crippen molar-refractivity contribution in [3.63, 3.8) is 0 Å². The van der Waals surface area contributed by atoms with Gasteiger partial charge in [0.05, 0.1) is 16.6 Å². The highest BCUT2D eigenvalue weighted by atomic mass is 32.1. The van der Waals surface area contributed by atoms with Crippen molar-refractivity contribution in [2.24, 2.45) is 5.10 Å². The number of benzene rings is 1. The number of Topliss-reactive ketones (excluding diaryl/α,β-unsaturated/α-hetero) is 1. The van der Waals surface area contributed by atoms with Gasteiger partial charge in [-0.1, -0.05) is 24.3 Å². The highest BCUT2D eigenvalue weighted by molar-refractivity contribution is 7.12. The van der Waals surface area contributed by atoms with Crippen molar-refractivity contribution in [1.82, 2.24) is 5.01 Å². The monoisotopic (exact) mass is 410 g/mol.